The van der Waals surface area contributed by atoms with Crippen molar-refractivity contribution in [3.05, 3.63) is 29.8 Å². The third-order valence-corrected chi connectivity index (χ3v) is 3.79. The van der Waals surface area contributed by atoms with E-state index in [1.807, 2.05) is 24.3 Å². The van der Waals surface area contributed by atoms with Gasteiger partial charge in [-0.3, -0.25) is 4.90 Å². The fourth-order valence-corrected chi connectivity index (χ4v) is 2.24. The average molecular weight is 294 g/mol. The molecular weight excluding hydrogens is 264 g/mol. The van der Waals surface area contributed by atoms with E-state index >= 15 is 0 Å². The van der Waals surface area contributed by atoms with E-state index in [0.29, 0.717) is 12.6 Å². The number of nitrogens with two attached hydrogens (primary N) is 1. The number of ether oxygens (including phenoxy) is 2. The van der Waals surface area contributed by atoms with E-state index in [9.17, 15) is 0 Å². The summed E-state index contributed by atoms with van der Waals surface area (Å²) in [5, 5.41) is 0. The minimum Gasteiger partial charge on any atom is -0.494 e. The van der Waals surface area contributed by atoms with Crippen LogP contribution in [0.1, 0.15) is 32.3 Å². The van der Waals surface area contributed by atoms with Crippen LogP contribution in [0.15, 0.2) is 24.3 Å². The van der Waals surface area contributed by atoms with Gasteiger partial charge in [0.1, 0.15) is 5.75 Å². The Labute approximate surface area is 129 Å². The highest BCUT2D eigenvalue weighted by Crippen LogP contribution is 2.13. The van der Waals surface area contributed by atoms with Gasteiger partial charge < -0.3 is 15.2 Å². The maximum Gasteiger partial charge on any atom is 0.119 e. The molecule has 0 bridgehead atoms. The molecule has 0 saturated heterocycles. The minimum absolute atomic E-state index is 0.552. The summed E-state index contributed by atoms with van der Waals surface area (Å²) in [7, 11) is 1.75. The van der Waals surface area contributed by atoms with Gasteiger partial charge in [-0.05, 0) is 37.5 Å². The molecule has 1 atom stereocenters. The molecule has 0 spiro atoms. The van der Waals surface area contributed by atoms with Crippen molar-refractivity contribution in [2.45, 2.75) is 39.3 Å². The first-order valence-electron chi connectivity index (χ1n) is 7.86. The number of rotatable bonds is 11. The topological polar surface area (TPSA) is 47.7 Å². The lowest BCUT2D eigenvalue weighted by atomic mass is 10.2. The van der Waals surface area contributed by atoms with Crippen molar-refractivity contribution in [1.29, 1.82) is 0 Å². The van der Waals surface area contributed by atoms with E-state index in [1.165, 1.54) is 0 Å². The standard InChI is InChI=1S/C17H30N2O2/c1-4-15(2)19(10-12-20-3)9-6-11-21-17-8-5-7-16(13-17)14-18/h5,7-8,13,15H,4,6,9-12,14,18H2,1-3H3. The summed E-state index contributed by atoms with van der Waals surface area (Å²) < 4.78 is 11.0. The second kappa shape index (κ2) is 10.6. The molecule has 4 nitrogen and oxygen atoms in total. The Bertz CT molecular complexity index is 385. The Kier molecular flexibility index (Phi) is 9.06. The smallest absolute Gasteiger partial charge is 0.119 e. The van der Waals surface area contributed by atoms with Gasteiger partial charge in [-0.2, -0.15) is 0 Å². The summed E-state index contributed by atoms with van der Waals surface area (Å²) in [4.78, 5) is 2.46. The predicted molar refractivity (Wildman–Crippen MR) is 87.6 cm³/mol. The number of hydrogen-bond acceptors (Lipinski definition) is 4. The van der Waals surface area contributed by atoms with E-state index in [1.54, 1.807) is 7.11 Å². The molecule has 21 heavy (non-hydrogen) atoms. The van der Waals surface area contributed by atoms with Crippen LogP contribution in [-0.2, 0) is 11.3 Å². The van der Waals surface area contributed by atoms with Gasteiger partial charge in [-0.25, -0.2) is 0 Å². The molecule has 0 aliphatic heterocycles. The summed E-state index contributed by atoms with van der Waals surface area (Å²) in [5.74, 6) is 0.907. The molecule has 0 aliphatic rings. The molecule has 1 rings (SSSR count). The molecule has 0 fully saturated rings. The van der Waals surface area contributed by atoms with Crippen LogP contribution in [0.5, 0.6) is 5.75 Å². The molecule has 0 aliphatic carbocycles. The zero-order valence-corrected chi connectivity index (χ0v) is 13.7. The van der Waals surface area contributed by atoms with Crippen molar-refractivity contribution in [2.75, 3.05) is 33.4 Å². The monoisotopic (exact) mass is 294 g/mol. The van der Waals surface area contributed by atoms with E-state index in [2.05, 4.69) is 18.7 Å². The van der Waals surface area contributed by atoms with Crippen molar-refractivity contribution in [3.63, 3.8) is 0 Å². The SMILES string of the molecule is CCC(C)N(CCCOc1cccc(CN)c1)CCOC. The van der Waals surface area contributed by atoms with Gasteiger partial charge in [-0.1, -0.05) is 19.1 Å². The molecule has 2 N–H and O–H groups in total. The summed E-state index contributed by atoms with van der Waals surface area (Å²) in [6.45, 7) is 8.57. The highest BCUT2D eigenvalue weighted by atomic mass is 16.5. The molecule has 1 unspecified atom stereocenters. The van der Waals surface area contributed by atoms with Gasteiger partial charge in [0.05, 0.1) is 13.2 Å². The zero-order chi connectivity index (χ0) is 15.5. The van der Waals surface area contributed by atoms with Crippen molar-refractivity contribution in [3.8, 4) is 5.75 Å². The molecule has 0 radical (unpaired) electrons. The van der Waals surface area contributed by atoms with Gasteiger partial charge in [0.15, 0.2) is 0 Å². The first-order valence-corrected chi connectivity index (χ1v) is 7.86. The van der Waals surface area contributed by atoms with Crippen LogP contribution in [0.3, 0.4) is 0 Å². The van der Waals surface area contributed by atoms with Gasteiger partial charge in [0, 0.05) is 32.8 Å². The van der Waals surface area contributed by atoms with Crippen LogP contribution in [0.2, 0.25) is 0 Å². The van der Waals surface area contributed by atoms with Crippen LogP contribution in [0, 0.1) is 0 Å². The average Bonchev–Trinajstić information content (AvgIpc) is 2.53. The molecule has 0 amide bonds. The lowest BCUT2D eigenvalue weighted by molar-refractivity contribution is 0.117. The maximum atomic E-state index is 5.80. The highest BCUT2D eigenvalue weighted by Gasteiger charge is 2.11. The lowest BCUT2D eigenvalue weighted by Crippen LogP contribution is -2.36. The van der Waals surface area contributed by atoms with E-state index < -0.39 is 0 Å². The van der Waals surface area contributed by atoms with Crippen LogP contribution < -0.4 is 10.5 Å². The normalized spacial score (nSPS) is 12.6. The summed E-state index contributed by atoms with van der Waals surface area (Å²) in [5.41, 5.74) is 6.74. The first kappa shape index (κ1) is 18.0. The molecule has 0 saturated carbocycles. The van der Waals surface area contributed by atoms with Crippen LogP contribution >= 0.6 is 0 Å². The number of methoxy groups -OCH3 is 1. The Morgan fingerprint density at radius 2 is 2.05 bits per heavy atom. The van der Waals surface area contributed by atoms with Crippen LogP contribution in [-0.4, -0.2) is 44.4 Å². The van der Waals surface area contributed by atoms with Crippen molar-refractivity contribution in [1.82, 2.24) is 4.90 Å². The molecule has 4 heteroatoms. The largest absolute Gasteiger partial charge is 0.494 e. The maximum absolute atomic E-state index is 5.80. The molecular formula is C17H30N2O2. The quantitative estimate of drug-likeness (QED) is 0.637. The zero-order valence-electron chi connectivity index (χ0n) is 13.7. The third kappa shape index (κ3) is 6.93. The Morgan fingerprint density at radius 1 is 1.24 bits per heavy atom. The van der Waals surface area contributed by atoms with Crippen LogP contribution in [0.4, 0.5) is 0 Å². The Hall–Kier alpha value is -1.10. The van der Waals surface area contributed by atoms with Crippen molar-refractivity contribution in [2.24, 2.45) is 5.73 Å². The summed E-state index contributed by atoms with van der Waals surface area (Å²) in [6, 6.07) is 8.58. The third-order valence-electron chi connectivity index (χ3n) is 3.79. The van der Waals surface area contributed by atoms with Gasteiger partial charge in [-0.15, -0.1) is 0 Å². The van der Waals surface area contributed by atoms with Gasteiger partial charge >= 0.3 is 0 Å². The molecule has 1 aromatic carbocycles. The van der Waals surface area contributed by atoms with Crippen LogP contribution in [0.25, 0.3) is 0 Å². The second-order valence-corrected chi connectivity index (χ2v) is 5.34. The summed E-state index contributed by atoms with van der Waals surface area (Å²) in [6.07, 6.45) is 2.17. The first-order chi connectivity index (χ1) is 10.2. The highest BCUT2D eigenvalue weighted by molar-refractivity contribution is 5.28. The Morgan fingerprint density at radius 3 is 2.71 bits per heavy atom. The van der Waals surface area contributed by atoms with E-state index in [4.69, 9.17) is 15.2 Å². The fraction of sp³-hybridized carbons (Fsp3) is 0.647. The van der Waals surface area contributed by atoms with E-state index in [0.717, 1.165) is 50.5 Å². The lowest BCUT2D eigenvalue weighted by Gasteiger charge is -2.28. The minimum atomic E-state index is 0.552. The molecule has 0 aromatic heterocycles. The molecule has 0 heterocycles. The number of nitrogens with zero attached hydrogens (tertiary/aromatic N) is 1. The molecule has 120 valence electrons. The van der Waals surface area contributed by atoms with E-state index in [-0.39, 0.29) is 0 Å². The van der Waals surface area contributed by atoms with Gasteiger partial charge in [0.2, 0.25) is 0 Å². The number of benzene rings is 1. The second-order valence-electron chi connectivity index (χ2n) is 5.34. The molecule has 1 aromatic rings. The summed E-state index contributed by atoms with van der Waals surface area (Å²) >= 11 is 0. The number of hydrogen-bond donors (Lipinski definition) is 1. The Balaban J connectivity index is 2.32. The van der Waals surface area contributed by atoms with Crippen molar-refractivity contribution < 1.29 is 9.47 Å². The fourth-order valence-electron chi connectivity index (χ4n) is 2.24. The van der Waals surface area contributed by atoms with Gasteiger partial charge in [0.25, 0.3) is 0 Å². The van der Waals surface area contributed by atoms with Crippen molar-refractivity contribution >= 4 is 0 Å². The predicted octanol–water partition coefficient (Wildman–Crippen LogP) is 2.66.